The molecule has 0 amide bonds. The Bertz CT molecular complexity index is 3170. The lowest BCUT2D eigenvalue weighted by molar-refractivity contribution is 1.07. The first kappa shape index (κ1) is 39.4. The number of hydrogen-bond donors (Lipinski definition) is 0. The van der Waals surface area contributed by atoms with E-state index in [1.807, 2.05) is 109 Å². The van der Waals surface area contributed by atoms with E-state index < -0.39 is 0 Å². The maximum atomic E-state index is 6.52. The second kappa shape index (κ2) is 15.5. The van der Waals surface area contributed by atoms with E-state index in [9.17, 15) is 0 Å². The maximum absolute atomic E-state index is 6.52. The molecule has 3 nitrogen and oxygen atoms in total. The maximum Gasteiger partial charge on any atom is 0.164 e. The number of aromatic nitrogens is 3. The minimum absolute atomic E-state index is 0.169. The lowest BCUT2D eigenvalue weighted by Gasteiger charge is -2.23. The number of fused-ring (bicyclic) bond motifs is 2. The van der Waals surface area contributed by atoms with Crippen LogP contribution in [0.2, 0.25) is 0 Å². The largest absolute Gasteiger partial charge is 0.208 e. The number of benzene rings is 8. The summed E-state index contributed by atoms with van der Waals surface area (Å²) in [6, 6.07) is 41.9. The van der Waals surface area contributed by atoms with Gasteiger partial charge in [-0.2, -0.15) is 0 Å². The summed E-state index contributed by atoms with van der Waals surface area (Å²) in [6.45, 7) is 0. The molecule has 0 spiro atoms. The van der Waals surface area contributed by atoms with Crippen molar-refractivity contribution in [2.75, 3.05) is 0 Å². The average Bonchev–Trinajstić information content (AvgIpc) is 3.29. The van der Waals surface area contributed by atoms with Gasteiger partial charge in [-0.25, -0.2) is 15.0 Å². The molecule has 0 N–H and O–H groups in total. The van der Waals surface area contributed by atoms with Gasteiger partial charge in [0.25, 0.3) is 0 Å². The van der Waals surface area contributed by atoms with Gasteiger partial charge in [0.1, 0.15) is 78.5 Å². The molecule has 9 rings (SSSR count). The molecule has 60 heavy (non-hydrogen) atoms. The lowest BCUT2D eigenvalue weighted by atomic mass is 9.59. The van der Waals surface area contributed by atoms with Crippen LogP contribution in [0.1, 0.15) is 0 Å². The highest BCUT2D eigenvalue weighted by Crippen LogP contribution is 2.36. The highest BCUT2D eigenvalue weighted by Gasteiger charge is 2.19. The molecule has 8 aromatic carbocycles. The van der Waals surface area contributed by atoms with Crippen molar-refractivity contribution in [1.82, 2.24) is 15.0 Å². The van der Waals surface area contributed by atoms with Gasteiger partial charge in [0.2, 0.25) is 0 Å². The number of rotatable bonds is 6. The molecule has 0 saturated carbocycles. The Morgan fingerprint density at radius 3 is 1.25 bits per heavy atom. The Balaban J connectivity index is 1.15. The van der Waals surface area contributed by atoms with Crippen LogP contribution in [-0.4, -0.2) is 93.4 Å². The van der Waals surface area contributed by atoms with Crippen LogP contribution in [-0.2, 0) is 0 Å². The third-order valence-corrected chi connectivity index (χ3v) is 11.1. The van der Waals surface area contributed by atoms with Gasteiger partial charge in [-0.3, -0.25) is 0 Å². The molecule has 13 heteroatoms. The standard InChI is InChI=1S/C47H21B10N3/c48-35-33(36(49)40(53)43(56)39(35)52)26-15-13-24-20-28(16-14-23(24)19-26)47-59-45(22-7-2-1-3-8-22)58-46(60-47)27-10-6-9-25(21-27)29-17-18-32(31-12-5-4-11-30(29)31)34-37(50)41(54)44(57)42(55)38(34)51/h1-21H. The van der Waals surface area contributed by atoms with E-state index in [2.05, 4.69) is 18.2 Å². The first-order valence-corrected chi connectivity index (χ1v) is 18.9. The van der Waals surface area contributed by atoms with Crippen molar-refractivity contribution >= 4 is 155 Å². The van der Waals surface area contributed by atoms with E-state index in [4.69, 9.17) is 93.4 Å². The van der Waals surface area contributed by atoms with Gasteiger partial charge in [-0.05, 0) is 73.1 Å². The van der Waals surface area contributed by atoms with Crippen molar-refractivity contribution in [1.29, 1.82) is 0 Å². The zero-order valence-electron chi connectivity index (χ0n) is 32.2. The smallest absolute Gasteiger partial charge is 0.164 e. The fourth-order valence-corrected chi connectivity index (χ4v) is 7.79. The normalized spacial score (nSPS) is 11.3. The van der Waals surface area contributed by atoms with E-state index in [0.717, 1.165) is 60.5 Å². The van der Waals surface area contributed by atoms with E-state index in [0.29, 0.717) is 28.6 Å². The van der Waals surface area contributed by atoms with Gasteiger partial charge in [0.05, 0.1) is 0 Å². The number of nitrogens with zero attached hydrogens (tertiary/aromatic N) is 3. The second-order valence-corrected chi connectivity index (χ2v) is 14.6. The Labute approximate surface area is 362 Å². The molecular formula is C47H21B10N3. The van der Waals surface area contributed by atoms with E-state index in [1.165, 1.54) is 0 Å². The van der Waals surface area contributed by atoms with Crippen molar-refractivity contribution in [2.24, 2.45) is 0 Å². The van der Waals surface area contributed by atoms with Gasteiger partial charge in [-0.15, -0.1) is 32.8 Å². The average molecular weight is 736 g/mol. The fraction of sp³-hybridized carbons (Fsp3) is 0. The predicted octanol–water partition coefficient (Wildman–Crippen LogP) is 0.118. The van der Waals surface area contributed by atoms with Crippen LogP contribution in [0, 0.1) is 0 Å². The molecule has 0 saturated heterocycles. The van der Waals surface area contributed by atoms with Crippen LogP contribution in [0.25, 0.3) is 89.1 Å². The SMILES string of the molecule is [B]c1c([B])c([B])c(-c2ccc3cc(-c4nc(-c5ccccc5)nc(-c5cccc(-c6ccc(-c7c([B])c([B])c([B])c([B])c7[B])c7ccccc67)c5)n4)ccc3c2)c([B])c1[B]. The number of hydrogen-bond acceptors (Lipinski definition) is 3. The third-order valence-electron chi connectivity index (χ3n) is 11.1. The molecule has 254 valence electrons. The minimum Gasteiger partial charge on any atom is -0.208 e. The molecule has 9 aromatic rings. The molecule has 0 bridgehead atoms. The molecule has 0 aliphatic rings. The van der Waals surface area contributed by atoms with Gasteiger partial charge >= 0.3 is 0 Å². The monoisotopic (exact) mass is 737 g/mol. The quantitative estimate of drug-likeness (QED) is 0.228. The lowest BCUT2D eigenvalue weighted by Crippen LogP contribution is -2.55. The van der Waals surface area contributed by atoms with Crippen molar-refractivity contribution in [2.45, 2.75) is 0 Å². The summed E-state index contributed by atoms with van der Waals surface area (Å²) >= 11 is 0. The summed E-state index contributed by atoms with van der Waals surface area (Å²) < 4.78 is 0. The van der Waals surface area contributed by atoms with Gasteiger partial charge in [0.15, 0.2) is 17.5 Å². The third kappa shape index (κ3) is 6.69. The Kier molecular flexibility index (Phi) is 10.2. The Morgan fingerprint density at radius 2 is 0.667 bits per heavy atom. The summed E-state index contributed by atoms with van der Waals surface area (Å²) in [5, 5.41) is 3.75. The van der Waals surface area contributed by atoms with Crippen molar-refractivity contribution in [3.05, 3.63) is 127 Å². The Morgan fingerprint density at radius 1 is 0.267 bits per heavy atom. The molecule has 20 radical (unpaired) electrons. The molecule has 0 atom stereocenters. The van der Waals surface area contributed by atoms with Crippen LogP contribution in [0.4, 0.5) is 0 Å². The fourth-order valence-electron chi connectivity index (χ4n) is 7.79. The summed E-state index contributed by atoms with van der Waals surface area (Å²) in [5.41, 5.74) is 9.26. The summed E-state index contributed by atoms with van der Waals surface area (Å²) in [7, 11) is 62.9. The van der Waals surface area contributed by atoms with E-state index >= 15 is 0 Å². The summed E-state index contributed by atoms with van der Waals surface area (Å²) in [6.07, 6.45) is 0. The first-order chi connectivity index (χ1) is 28.9. The van der Waals surface area contributed by atoms with Crippen LogP contribution in [0.15, 0.2) is 127 Å². The van der Waals surface area contributed by atoms with Crippen molar-refractivity contribution in [3.63, 3.8) is 0 Å². The molecule has 1 heterocycles. The zero-order chi connectivity index (χ0) is 42.0. The molecule has 0 aliphatic heterocycles. The van der Waals surface area contributed by atoms with Crippen LogP contribution in [0.3, 0.4) is 0 Å². The first-order valence-electron chi connectivity index (χ1n) is 18.9. The minimum atomic E-state index is 0.169. The van der Waals surface area contributed by atoms with Gasteiger partial charge < -0.3 is 0 Å². The molecular weight excluding hydrogens is 715 g/mol. The summed E-state index contributed by atoms with van der Waals surface area (Å²) in [4.78, 5) is 15.0. The molecule has 0 unspecified atom stereocenters. The Hall–Kier alpha value is -6.06. The van der Waals surface area contributed by atoms with Crippen LogP contribution >= 0.6 is 0 Å². The van der Waals surface area contributed by atoms with Crippen molar-refractivity contribution < 1.29 is 0 Å². The zero-order valence-corrected chi connectivity index (χ0v) is 32.2. The molecule has 0 aliphatic carbocycles. The predicted molar refractivity (Wildman–Crippen MR) is 261 cm³/mol. The molecule has 1 aromatic heterocycles. The highest BCUT2D eigenvalue weighted by atomic mass is 15.0. The van der Waals surface area contributed by atoms with Gasteiger partial charge in [0, 0.05) is 16.7 Å². The van der Waals surface area contributed by atoms with Crippen LogP contribution < -0.4 is 54.6 Å². The summed E-state index contributed by atoms with van der Waals surface area (Å²) in [5.74, 6) is 1.55. The highest BCUT2D eigenvalue weighted by molar-refractivity contribution is 6.70. The second-order valence-electron chi connectivity index (χ2n) is 14.6. The topological polar surface area (TPSA) is 38.7 Å². The van der Waals surface area contributed by atoms with E-state index in [1.54, 1.807) is 0 Å². The van der Waals surface area contributed by atoms with E-state index in [-0.39, 0.29) is 54.6 Å². The van der Waals surface area contributed by atoms with Crippen molar-refractivity contribution in [3.8, 4) is 67.5 Å². The van der Waals surface area contributed by atoms with Gasteiger partial charge in [-0.1, -0.05) is 131 Å². The molecule has 0 fully saturated rings. The van der Waals surface area contributed by atoms with Crippen LogP contribution in [0.5, 0.6) is 0 Å².